The summed E-state index contributed by atoms with van der Waals surface area (Å²) >= 11 is 0. The first kappa shape index (κ1) is 19.1. The van der Waals surface area contributed by atoms with Gasteiger partial charge in [-0.25, -0.2) is 0 Å². The van der Waals surface area contributed by atoms with Crippen LogP contribution in [0.2, 0.25) is 0 Å². The van der Waals surface area contributed by atoms with Crippen LogP contribution < -0.4 is 14.8 Å². The lowest BCUT2D eigenvalue weighted by atomic mass is 10.1. The molecular formula is C20H33NO3. The van der Waals surface area contributed by atoms with Gasteiger partial charge in [-0.1, -0.05) is 44.7 Å². The monoisotopic (exact) mass is 335 g/mol. The Hall–Kier alpha value is -1.26. The van der Waals surface area contributed by atoms with Crippen molar-refractivity contribution in [3.05, 3.63) is 23.8 Å². The molecule has 0 radical (unpaired) electrons. The smallest absolute Gasteiger partial charge is 0.165 e. The zero-order valence-electron chi connectivity index (χ0n) is 15.3. The van der Waals surface area contributed by atoms with Gasteiger partial charge in [0.15, 0.2) is 11.5 Å². The van der Waals surface area contributed by atoms with Crippen molar-refractivity contribution in [3.8, 4) is 11.5 Å². The van der Waals surface area contributed by atoms with E-state index >= 15 is 0 Å². The molecule has 0 amide bonds. The molecule has 1 N–H and O–H groups in total. The van der Waals surface area contributed by atoms with E-state index in [1.54, 1.807) is 7.11 Å². The minimum Gasteiger partial charge on any atom is -0.493 e. The number of para-hydroxylation sites is 1. The fourth-order valence-electron chi connectivity index (χ4n) is 3.08. The average Bonchev–Trinajstić information content (AvgIpc) is 3.12. The molecule has 1 atom stereocenters. The highest BCUT2D eigenvalue weighted by molar-refractivity contribution is 5.46. The Morgan fingerprint density at radius 1 is 1.21 bits per heavy atom. The third-order valence-corrected chi connectivity index (χ3v) is 4.49. The molecule has 0 aromatic heterocycles. The van der Waals surface area contributed by atoms with Crippen molar-refractivity contribution in [3.63, 3.8) is 0 Å². The second kappa shape index (κ2) is 11.3. The molecule has 1 fully saturated rings. The highest BCUT2D eigenvalue weighted by Gasteiger charge is 2.16. The van der Waals surface area contributed by atoms with Crippen LogP contribution in [-0.2, 0) is 11.3 Å². The SMILES string of the molecule is CCCCCCCOc1c(CNCC2CCCO2)cccc1OC. The molecule has 4 nitrogen and oxygen atoms in total. The molecule has 0 aliphatic carbocycles. The lowest BCUT2D eigenvalue weighted by Crippen LogP contribution is -2.26. The van der Waals surface area contributed by atoms with Gasteiger partial charge in [-0.3, -0.25) is 0 Å². The van der Waals surface area contributed by atoms with Gasteiger partial charge in [0.05, 0.1) is 19.8 Å². The first-order valence-corrected chi connectivity index (χ1v) is 9.46. The van der Waals surface area contributed by atoms with Crippen LogP contribution in [-0.4, -0.2) is 33.0 Å². The standard InChI is InChI=1S/C20H33NO3/c1-3-4-5-6-7-13-24-20-17(10-8-12-19(20)22-2)15-21-16-18-11-9-14-23-18/h8,10,12,18,21H,3-7,9,11,13-16H2,1-2H3. The largest absolute Gasteiger partial charge is 0.493 e. The maximum atomic E-state index is 6.07. The Balaban J connectivity index is 1.82. The Labute approximate surface area is 146 Å². The topological polar surface area (TPSA) is 39.7 Å². The van der Waals surface area contributed by atoms with Crippen LogP contribution in [0.4, 0.5) is 0 Å². The molecule has 1 aromatic rings. The summed E-state index contributed by atoms with van der Waals surface area (Å²) in [5.41, 5.74) is 1.15. The molecule has 1 aliphatic rings. The van der Waals surface area contributed by atoms with Crippen molar-refractivity contribution in [2.75, 3.05) is 26.9 Å². The van der Waals surface area contributed by atoms with Gasteiger partial charge in [-0.2, -0.15) is 0 Å². The second-order valence-electron chi connectivity index (χ2n) is 6.48. The van der Waals surface area contributed by atoms with E-state index in [-0.39, 0.29) is 0 Å². The van der Waals surface area contributed by atoms with E-state index in [1.807, 2.05) is 12.1 Å². The maximum Gasteiger partial charge on any atom is 0.165 e. The van der Waals surface area contributed by atoms with Gasteiger partial charge in [0, 0.05) is 25.3 Å². The van der Waals surface area contributed by atoms with Crippen LogP contribution in [0.25, 0.3) is 0 Å². The molecule has 0 bridgehead atoms. The number of benzene rings is 1. The summed E-state index contributed by atoms with van der Waals surface area (Å²) in [5, 5.41) is 3.49. The van der Waals surface area contributed by atoms with Crippen LogP contribution in [0.15, 0.2) is 18.2 Å². The summed E-state index contributed by atoms with van der Waals surface area (Å²) in [5.74, 6) is 1.70. The highest BCUT2D eigenvalue weighted by atomic mass is 16.5. The number of hydrogen-bond acceptors (Lipinski definition) is 4. The molecule has 2 rings (SSSR count). The molecule has 1 unspecified atom stereocenters. The second-order valence-corrected chi connectivity index (χ2v) is 6.48. The molecule has 1 aromatic carbocycles. The van der Waals surface area contributed by atoms with Gasteiger partial charge in [0.2, 0.25) is 0 Å². The molecule has 1 saturated heterocycles. The van der Waals surface area contributed by atoms with Crippen molar-refractivity contribution in [2.24, 2.45) is 0 Å². The number of hydrogen-bond donors (Lipinski definition) is 1. The Morgan fingerprint density at radius 2 is 2.08 bits per heavy atom. The molecular weight excluding hydrogens is 302 g/mol. The van der Waals surface area contributed by atoms with E-state index in [0.717, 1.165) is 56.2 Å². The molecule has 4 heteroatoms. The lowest BCUT2D eigenvalue weighted by molar-refractivity contribution is 0.110. The number of methoxy groups -OCH3 is 1. The van der Waals surface area contributed by atoms with Gasteiger partial charge in [-0.15, -0.1) is 0 Å². The molecule has 24 heavy (non-hydrogen) atoms. The Bertz CT molecular complexity index is 458. The van der Waals surface area contributed by atoms with E-state index in [4.69, 9.17) is 14.2 Å². The predicted molar refractivity (Wildman–Crippen MR) is 97.9 cm³/mol. The number of unbranched alkanes of at least 4 members (excludes halogenated alkanes) is 4. The van der Waals surface area contributed by atoms with Crippen molar-refractivity contribution >= 4 is 0 Å². The van der Waals surface area contributed by atoms with E-state index in [0.29, 0.717) is 6.10 Å². The van der Waals surface area contributed by atoms with Gasteiger partial charge in [-0.05, 0) is 25.3 Å². The van der Waals surface area contributed by atoms with Gasteiger partial charge in [0.25, 0.3) is 0 Å². The summed E-state index contributed by atoms with van der Waals surface area (Å²) in [6, 6.07) is 6.10. The average molecular weight is 335 g/mol. The van der Waals surface area contributed by atoms with Crippen LogP contribution in [0.1, 0.15) is 57.4 Å². The van der Waals surface area contributed by atoms with E-state index in [1.165, 1.54) is 32.1 Å². The lowest BCUT2D eigenvalue weighted by Gasteiger charge is -2.16. The normalized spacial score (nSPS) is 17.2. The third-order valence-electron chi connectivity index (χ3n) is 4.49. The van der Waals surface area contributed by atoms with Crippen molar-refractivity contribution in [2.45, 2.75) is 64.5 Å². The Kier molecular flexibility index (Phi) is 9.00. The third kappa shape index (κ3) is 6.33. The molecule has 1 aliphatic heterocycles. The summed E-state index contributed by atoms with van der Waals surface area (Å²) in [7, 11) is 1.70. The first-order valence-electron chi connectivity index (χ1n) is 9.46. The summed E-state index contributed by atoms with van der Waals surface area (Å²) in [6.45, 7) is 5.57. The first-order chi connectivity index (χ1) is 11.8. The van der Waals surface area contributed by atoms with Crippen LogP contribution in [0.5, 0.6) is 11.5 Å². The molecule has 0 spiro atoms. The van der Waals surface area contributed by atoms with Gasteiger partial charge < -0.3 is 19.5 Å². The summed E-state index contributed by atoms with van der Waals surface area (Å²) < 4.78 is 17.2. The van der Waals surface area contributed by atoms with E-state index < -0.39 is 0 Å². The number of ether oxygens (including phenoxy) is 3. The van der Waals surface area contributed by atoms with Crippen molar-refractivity contribution in [1.82, 2.24) is 5.32 Å². The van der Waals surface area contributed by atoms with Crippen molar-refractivity contribution in [1.29, 1.82) is 0 Å². The van der Waals surface area contributed by atoms with Crippen LogP contribution in [0, 0.1) is 0 Å². The maximum absolute atomic E-state index is 6.07. The number of rotatable bonds is 12. The zero-order chi connectivity index (χ0) is 17.0. The minimum atomic E-state index is 0.360. The predicted octanol–water partition coefficient (Wildman–Crippen LogP) is 4.31. The molecule has 136 valence electrons. The fraction of sp³-hybridized carbons (Fsp3) is 0.700. The quantitative estimate of drug-likeness (QED) is 0.578. The van der Waals surface area contributed by atoms with Crippen molar-refractivity contribution < 1.29 is 14.2 Å². The molecule has 0 saturated carbocycles. The van der Waals surface area contributed by atoms with Gasteiger partial charge >= 0.3 is 0 Å². The van der Waals surface area contributed by atoms with Gasteiger partial charge in [0.1, 0.15) is 0 Å². The fourth-order valence-corrected chi connectivity index (χ4v) is 3.08. The number of nitrogens with one attached hydrogen (secondary N) is 1. The highest BCUT2D eigenvalue weighted by Crippen LogP contribution is 2.31. The van der Waals surface area contributed by atoms with Crippen LogP contribution >= 0.6 is 0 Å². The minimum absolute atomic E-state index is 0.360. The molecule has 1 heterocycles. The summed E-state index contributed by atoms with van der Waals surface area (Å²) in [4.78, 5) is 0. The van der Waals surface area contributed by atoms with Crippen LogP contribution in [0.3, 0.4) is 0 Å². The zero-order valence-corrected chi connectivity index (χ0v) is 15.3. The van der Waals surface area contributed by atoms with E-state index in [2.05, 4.69) is 18.3 Å². The summed E-state index contributed by atoms with van der Waals surface area (Å²) in [6.07, 6.45) is 8.90. The Morgan fingerprint density at radius 3 is 2.83 bits per heavy atom. The van der Waals surface area contributed by atoms with E-state index in [9.17, 15) is 0 Å².